The van der Waals surface area contributed by atoms with Crippen LogP contribution < -0.4 is 0 Å². The molecule has 0 amide bonds. The summed E-state index contributed by atoms with van der Waals surface area (Å²) in [6, 6.07) is 0. The summed E-state index contributed by atoms with van der Waals surface area (Å²) in [5.41, 5.74) is 0. The Kier molecular flexibility index (Phi) is 9.03. The number of hydrogen-bond acceptors (Lipinski definition) is 4. The van der Waals surface area contributed by atoms with E-state index in [0.29, 0.717) is 18.3 Å². The Bertz CT molecular complexity index is 316. The van der Waals surface area contributed by atoms with Crippen LogP contribution in [0.3, 0.4) is 0 Å². The number of unbranched alkanes of at least 4 members (excludes halogenated alkanes) is 1. The van der Waals surface area contributed by atoms with E-state index in [-0.39, 0.29) is 24.6 Å². The minimum Gasteiger partial charge on any atom is -0.462 e. The van der Waals surface area contributed by atoms with E-state index in [0.717, 1.165) is 32.1 Å². The largest absolute Gasteiger partial charge is 0.462 e. The summed E-state index contributed by atoms with van der Waals surface area (Å²) >= 11 is 0. The van der Waals surface area contributed by atoms with E-state index >= 15 is 0 Å². The van der Waals surface area contributed by atoms with Gasteiger partial charge in [-0.1, -0.05) is 26.7 Å². The van der Waals surface area contributed by atoms with E-state index < -0.39 is 6.10 Å². The van der Waals surface area contributed by atoms with Gasteiger partial charge in [-0.2, -0.15) is 0 Å². The van der Waals surface area contributed by atoms with Crippen LogP contribution in [0.4, 0.5) is 0 Å². The second-order valence-corrected chi connectivity index (χ2v) is 7.36. The van der Waals surface area contributed by atoms with Crippen LogP contribution in [0.15, 0.2) is 0 Å². The first-order valence-electron chi connectivity index (χ1n) is 8.92. The highest BCUT2D eigenvalue weighted by Crippen LogP contribution is 2.24. The first kappa shape index (κ1) is 19.4. The summed E-state index contributed by atoms with van der Waals surface area (Å²) in [4.78, 5) is 11.3. The summed E-state index contributed by atoms with van der Waals surface area (Å²) in [6.07, 6.45) is 7.42. The lowest BCUT2D eigenvalue weighted by Gasteiger charge is -2.26. The summed E-state index contributed by atoms with van der Waals surface area (Å²) in [6.45, 7) is 6.41. The van der Waals surface area contributed by atoms with Crippen LogP contribution in [0.25, 0.3) is 0 Å². The van der Waals surface area contributed by atoms with Gasteiger partial charge in [-0.05, 0) is 50.9 Å². The van der Waals surface area contributed by atoms with Gasteiger partial charge in [0.05, 0.1) is 18.6 Å². The van der Waals surface area contributed by atoms with Gasteiger partial charge in [-0.15, -0.1) is 0 Å². The number of carbonyl (C=O) groups excluding carboxylic acids is 1. The van der Waals surface area contributed by atoms with Gasteiger partial charge in [0.25, 0.3) is 0 Å². The molecule has 0 aromatic rings. The lowest BCUT2D eigenvalue weighted by atomic mass is 9.89. The average molecular weight is 314 g/mol. The maximum absolute atomic E-state index is 11.3. The summed E-state index contributed by atoms with van der Waals surface area (Å²) in [7, 11) is 0. The third kappa shape index (κ3) is 8.74. The Morgan fingerprint density at radius 3 is 2.45 bits per heavy atom. The number of carbonyl (C=O) groups is 1. The summed E-state index contributed by atoms with van der Waals surface area (Å²) in [5, 5.41) is 18.9. The van der Waals surface area contributed by atoms with E-state index in [9.17, 15) is 15.0 Å². The zero-order chi connectivity index (χ0) is 16.5. The minimum atomic E-state index is -0.514. The number of cyclic esters (lactones) is 1. The van der Waals surface area contributed by atoms with Crippen molar-refractivity contribution in [3.05, 3.63) is 0 Å². The third-order valence-electron chi connectivity index (χ3n) is 4.59. The molecule has 0 aromatic carbocycles. The lowest BCUT2D eigenvalue weighted by molar-refractivity contribution is -0.160. The Hall–Kier alpha value is -0.610. The smallest absolute Gasteiger partial charge is 0.308 e. The molecule has 1 saturated heterocycles. The summed E-state index contributed by atoms with van der Waals surface area (Å²) < 4.78 is 5.26. The first-order valence-corrected chi connectivity index (χ1v) is 8.92. The predicted octanol–water partition coefficient (Wildman–Crippen LogP) is 3.44. The van der Waals surface area contributed by atoms with Crippen molar-refractivity contribution in [2.45, 2.75) is 96.9 Å². The zero-order valence-electron chi connectivity index (χ0n) is 14.5. The molecule has 130 valence electrons. The molecule has 4 heteroatoms. The lowest BCUT2D eigenvalue weighted by Crippen LogP contribution is -2.32. The second kappa shape index (κ2) is 10.2. The van der Waals surface area contributed by atoms with Crippen molar-refractivity contribution in [1.29, 1.82) is 0 Å². The zero-order valence-corrected chi connectivity index (χ0v) is 14.5. The molecule has 1 aliphatic rings. The average Bonchev–Trinajstić information content (AvgIpc) is 2.40. The molecule has 0 bridgehead atoms. The van der Waals surface area contributed by atoms with Crippen LogP contribution in [0.2, 0.25) is 0 Å². The fourth-order valence-electron chi connectivity index (χ4n) is 3.35. The molecule has 4 nitrogen and oxygen atoms in total. The normalized spacial score (nSPS) is 26.3. The maximum atomic E-state index is 11.3. The van der Waals surface area contributed by atoms with Gasteiger partial charge in [0.15, 0.2) is 0 Å². The Morgan fingerprint density at radius 2 is 1.82 bits per heavy atom. The van der Waals surface area contributed by atoms with E-state index in [1.54, 1.807) is 0 Å². The van der Waals surface area contributed by atoms with Crippen LogP contribution in [-0.2, 0) is 9.53 Å². The van der Waals surface area contributed by atoms with E-state index in [4.69, 9.17) is 4.74 Å². The van der Waals surface area contributed by atoms with Crippen molar-refractivity contribution in [3.8, 4) is 0 Å². The molecule has 1 heterocycles. The van der Waals surface area contributed by atoms with Crippen LogP contribution in [-0.4, -0.2) is 34.5 Å². The van der Waals surface area contributed by atoms with E-state index in [1.807, 2.05) is 6.92 Å². The van der Waals surface area contributed by atoms with Gasteiger partial charge in [0, 0.05) is 6.42 Å². The molecule has 0 aromatic heterocycles. The topological polar surface area (TPSA) is 66.8 Å². The number of hydrogen-bond donors (Lipinski definition) is 2. The SMILES string of the molecule is C[C@H](CCCC[C@H]1C[C@H](O)CC(=O)O1)C[C@@H](C)CC[C@@H](C)O. The quantitative estimate of drug-likeness (QED) is 0.479. The van der Waals surface area contributed by atoms with E-state index in [1.165, 1.54) is 12.8 Å². The molecular formula is C18H34O4. The van der Waals surface area contributed by atoms with Crippen LogP contribution in [0.5, 0.6) is 0 Å². The molecule has 22 heavy (non-hydrogen) atoms. The Morgan fingerprint density at radius 1 is 1.14 bits per heavy atom. The molecule has 2 N–H and O–H groups in total. The Labute approximate surface area is 135 Å². The molecule has 0 spiro atoms. The van der Waals surface area contributed by atoms with Crippen LogP contribution in [0.1, 0.15) is 78.6 Å². The molecule has 0 saturated carbocycles. The molecule has 1 fully saturated rings. The highest BCUT2D eigenvalue weighted by Gasteiger charge is 2.26. The maximum Gasteiger partial charge on any atom is 0.308 e. The van der Waals surface area contributed by atoms with Gasteiger partial charge in [0.1, 0.15) is 6.10 Å². The predicted molar refractivity (Wildman–Crippen MR) is 87.4 cm³/mol. The van der Waals surface area contributed by atoms with Crippen molar-refractivity contribution in [2.75, 3.05) is 0 Å². The highest BCUT2D eigenvalue weighted by atomic mass is 16.5. The van der Waals surface area contributed by atoms with Crippen LogP contribution >= 0.6 is 0 Å². The fraction of sp³-hybridized carbons (Fsp3) is 0.944. The van der Waals surface area contributed by atoms with Gasteiger partial charge in [-0.25, -0.2) is 0 Å². The first-order chi connectivity index (χ1) is 10.4. The number of esters is 1. The van der Waals surface area contributed by atoms with Crippen molar-refractivity contribution in [3.63, 3.8) is 0 Å². The molecule has 0 unspecified atom stereocenters. The van der Waals surface area contributed by atoms with Crippen molar-refractivity contribution < 1.29 is 19.7 Å². The summed E-state index contributed by atoms with van der Waals surface area (Å²) in [5.74, 6) is 1.10. The van der Waals surface area contributed by atoms with Crippen molar-refractivity contribution >= 4 is 5.97 Å². The molecule has 1 rings (SSSR count). The molecule has 1 aliphatic heterocycles. The fourth-order valence-corrected chi connectivity index (χ4v) is 3.35. The van der Waals surface area contributed by atoms with Gasteiger partial charge in [-0.3, -0.25) is 4.79 Å². The number of rotatable bonds is 10. The number of ether oxygens (including phenoxy) is 1. The van der Waals surface area contributed by atoms with Crippen molar-refractivity contribution in [2.24, 2.45) is 11.8 Å². The minimum absolute atomic E-state index is 0.0866. The highest BCUT2D eigenvalue weighted by molar-refractivity contribution is 5.70. The second-order valence-electron chi connectivity index (χ2n) is 7.36. The third-order valence-corrected chi connectivity index (χ3v) is 4.59. The number of aliphatic hydroxyl groups excluding tert-OH is 2. The Balaban J connectivity index is 2.07. The standard InChI is InChI=1S/C18H34O4/c1-13(10-14(2)8-9-15(3)19)6-4-5-7-17-11-16(20)12-18(21)22-17/h13-17,19-20H,4-12H2,1-3H3/t13-,14+,15-,16+,17+/m1/s1. The molecule has 5 atom stereocenters. The van der Waals surface area contributed by atoms with Gasteiger partial charge in [0.2, 0.25) is 0 Å². The number of aliphatic hydroxyl groups is 2. The van der Waals surface area contributed by atoms with Crippen molar-refractivity contribution in [1.82, 2.24) is 0 Å². The van der Waals surface area contributed by atoms with Gasteiger partial charge >= 0.3 is 5.97 Å². The van der Waals surface area contributed by atoms with Crippen LogP contribution in [0, 0.1) is 11.8 Å². The van der Waals surface area contributed by atoms with Gasteiger partial charge < -0.3 is 14.9 Å². The molecular weight excluding hydrogens is 280 g/mol. The molecule has 0 radical (unpaired) electrons. The monoisotopic (exact) mass is 314 g/mol. The van der Waals surface area contributed by atoms with E-state index in [2.05, 4.69) is 13.8 Å². The molecule has 0 aliphatic carbocycles.